The number of methoxy groups -OCH3 is 1. The Morgan fingerprint density at radius 3 is 2.37 bits per heavy atom. The van der Waals surface area contributed by atoms with Gasteiger partial charge in [0.15, 0.2) is 0 Å². The number of aryl methyl sites for hydroxylation is 2. The molecule has 0 radical (unpaired) electrons. The molecule has 1 atom stereocenters. The molecule has 5 heteroatoms. The molecule has 162 valence electrons. The normalized spacial score (nSPS) is 11.8. The number of nitrogens with one attached hydrogen (secondary N) is 1. The van der Waals surface area contributed by atoms with E-state index in [-0.39, 0.29) is 17.9 Å². The summed E-state index contributed by atoms with van der Waals surface area (Å²) in [6.45, 7) is 8.21. The van der Waals surface area contributed by atoms with E-state index in [1.165, 1.54) is 5.56 Å². The molecule has 1 N–H and O–H groups in total. The van der Waals surface area contributed by atoms with Gasteiger partial charge in [-0.3, -0.25) is 9.59 Å². The van der Waals surface area contributed by atoms with Crippen molar-refractivity contribution in [2.24, 2.45) is 0 Å². The third-order valence-corrected chi connectivity index (χ3v) is 5.05. The average Bonchev–Trinajstić information content (AvgIpc) is 2.72. The van der Waals surface area contributed by atoms with Gasteiger partial charge in [-0.05, 0) is 56.9 Å². The summed E-state index contributed by atoms with van der Waals surface area (Å²) in [6, 6.07) is 15.4. The summed E-state index contributed by atoms with van der Waals surface area (Å²) in [5.41, 5.74) is 3.25. The predicted octanol–water partition coefficient (Wildman–Crippen LogP) is 4.27. The van der Waals surface area contributed by atoms with Crippen molar-refractivity contribution in [3.63, 3.8) is 0 Å². The Kier molecular flexibility index (Phi) is 8.90. The first-order chi connectivity index (χ1) is 14.3. The van der Waals surface area contributed by atoms with Crippen molar-refractivity contribution in [1.82, 2.24) is 10.2 Å². The van der Waals surface area contributed by atoms with E-state index in [9.17, 15) is 9.59 Å². The van der Waals surface area contributed by atoms with Gasteiger partial charge in [0.2, 0.25) is 11.8 Å². The predicted molar refractivity (Wildman–Crippen MR) is 120 cm³/mol. The zero-order valence-corrected chi connectivity index (χ0v) is 18.8. The Morgan fingerprint density at radius 2 is 1.77 bits per heavy atom. The molecule has 0 spiro atoms. The summed E-state index contributed by atoms with van der Waals surface area (Å²) < 4.78 is 5.32. The largest absolute Gasteiger partial charge is 0.497 e. The highest BCUT2D eigenvalue weighted by Gasteiger charge is 2.28. The van der Waals surface area contributed by atoms with Gasteiger partial charge in [0.05, 0.1) is 7.11 Å². The molecule has 0 aliphatic carbocycles. The van der Waals surface area contributed by atoms with Crippen molar-refractivity contribution in [3.05, 3.63) is 65.2 Å². The Labute approximate surface area is 180 Å². The molecule has 0 saturated carbocycles. The van der Waals surface area contributed by atoms with Gasteiger partial charge in [-0.1, -0.05) is 48.9 Å². The molecule has 2 rings (SSSR count). The maximum absolute atomic E-state index is 13.2. The molecule has 0 aromatic heterocycles. The van der Waals surface area contributed by atoms with Crippen LogP contribution in [-0.2, 0) is 22.6 Å². The smallest absolute Gasteiger partial charge is 0.243 e. The first kappa shape index (κ1) is 23.5. The summed E-state index contributed by atoms with van der Waals surface area (Å²) in [5, 5.41) is 2.96. The number of nitrogens with zero attached hydrogens (tertiary/aromatic N) is 1. The van der Waals surface area contributed by atoms with Crippen LogP contribution in [0.4, 0.5) is 0 Å². The lowest BCUT2D eigenvalue weighted by Crippen LogP contribution is -2.50. The number of benzene rings is 2. The topological polar surface area (TPSA) is 58.6 Å². The molecule has 0 aliphatic rings. The van der Waals surface area contributed by atoms with Gasteiger partial charge in [0.1, 0.15) is 11.8 Å². The zero-order valence-electron chi connectivity index (χ0n) is 18.8. The van der Waals surface area contributed by atoms with Crippen LogP contribution in [0.15, 0.2) is 48.5 Å². The maximum Gasteiger partial charge on any atom is 0.243 e. The SMILES string of the molecule is CC[C@H](C(=O)NC(C)C)N(Cc1cccc(OC)c1)C(=O)CCc1ccc(C)cc1. The molecule has 0 unspecified atom stereocenters. The van der Waals surface area contributed by atoms with Gasteiger partial charge in [-0.15, -0.1) is 0 Å². The molecule has 2 amide bonds. The van der Waals surface area contributed by atoms with Crippen LogP contribution in [0.25, 0.3) is 0 Å². The van der Waals surface area contributed by atoms with Crippen molar-refractivity contribution in [1.29, 1.82) is 0 Å². The second-order valence-electron chi connectivity index (χ2n) is 7.95. The van der Waals surface area contributed by atoms with Gasteiger partial charge < -0.3 is 15.0 Å². The van der Waals surface area contributed by atoms with Crippen LogP contribution in [0.2, 0.25) is 0 Å². The standard InChI is InChI=1S/C25H34N2O3/c1-6-23(25(29)26-18(2)3)27(17-21-8-7-9-22(16-21)30-5)24(28)15-14-20-12-10-19(4)11-13-20/h7-13,16,18,23H,6,14-15,17H2,1-5H3,(H,26,29)/t23-/m1/s1. The molecule has 0 bridgehead atoms. The fourth-order valence-electron chi connectivity index (χ4n) is 3.42. The number of hydrogen-bond donors (Lipinski definition) is 1. The molecule has 30 heavy (non-hydrogen) atoms. The summed E-state index contributed by atoms with van der Waals surface area (Å²) in [6.07, 6.45) is 1.56. The van der Waals surface area contributed by atoms with Crippen LogP contribution in [-0.4, -0.2) is 35.9 Å². The number of rotatable bonds is 10. The fraction of sp³-hybridized carbons (Fsp3) is 0.440. The Bertz CT molecular complexity index is 831. The van der Waals surface area contributed by atoms with Crippen LogP contribution < -0.4 is 10.1 Å². The molecule has 0 aliphatic heterocycles. The van der Waals surface area contributed by atoms with Crippen molar-refractivity contribution in [2.45, 2.75) is 65.6 Å². The molecule has 2 aromatic rings. The van der Waals surface area contributed by atoms with Crippen molar-refractivity contribution in [2.75, 3.05) is 7.11 Å². The number of amides is 2. The Morgan fingerprint density at radius 1 is 1.07 bits per heavy atom. The van der Waals surface area contributed by atoms with Crippen molar-refractivity contribution >= 4 is 11.8 Å². The van der Waals surface area contributed by atoms with Gasteiger partial charge in [-0.25, -0.2) is 0 Å². The highest BCUT2D eigenvalue weighted by atomic mass is 16.5. The van der Waals surface area contributed by atoms with E-state index in [0.717, 1.165) is 16.9 Å². The van der Waals surface area contributed by atoms with E-state index >= 15 is 0 Å². The molecular formula is C25H34N2O3. The molecular weight excluding hydrogens is 376 g/mol. The molecule has 0 saturated heterocycles. The number of carbonyl (C=O) groups is 2. The summed E-state index contributed by atoms with van der Waals surface area (Å²) in [7, 11) is 1.62. The van der Waals surface area contributed by atoms with Crippen LogP contribution in [0.1, 0.15) is 50.3 Å². The Hall–Kier alpha value is -2.82. The lowest BCUT2D eigenvalue weighted by atomic mass is 10.0. The highest BCUT2D eigenvalue weighted by Crippen LogP contribution is 2.19. The Balaban J connectivity index is 2.22. The number of ether oxygens (including phenoxy) is 1. The maximum atomic E-state index is 13.2. The van der Waals surface area contributed by atoms with Crippen molar-refractivity contribution < 1.29 is 14.3 Å². The van der Waals surface area contributed by atoms with Crippen LogP contribution in [0.5, 0.6) is 5.75 Å². The van der Waals surface area contributed by atoms with Gasteiger partial charge in [0, 0.05) is 19.0 Å². The number of carbonyl (C=O) groups excluding carboxylic acids is 2. The first-order valence-corrected chi connectivity index (χ1v) is 10.6. The van der Waals surface area contributed by atoms with E-state index in [1.807, 2.05) is 52.0 Å². The monoisotopic (exact) mass is 410 g/mol. The minimum Gasteiger partial charge on any atom is -0.497 e. The van der Waals surface area contributed by atoms with E-state index in [1.54, 1.807) is 12.0 Å². The minimum absolute atomic E-state index is 0.0212. The fourth-order valence-corrected chi connectivity index (χ4v) is 3.42. The van der Waals surface area contributed by atoms with Gasteiger partial charge in [-0.2, -0.15) is 0 Å². The van der Waals surface area contributed by atoms with Gasteiger partial charge in [0.25, 0.3) is 0 Å². The van der Waals surface area contributed by atoms with Crippen LogP contribution in [0, 0.1) is 6.92 Å². The summed E-state index contributed by atoms with van der Waals surface area (Å²) >= 11 is 0. The lowest BCUT2D eigenvalue weighted by molar-refractivity contribution is -0.141. The summed E-state index contributed by atoms with van der Waals surface area (Å²) in [4.78, 5) is 27.8. The van der Waals surface area contributed by atoms with Gasteiger partial charge >= 0.3 is 0 Å². The second kappa shape index (κ2) is 11.4. The quantitative estimate of drug-likeness (QED) is 0.636. The molecule has 0 heterocycles. The van der Waals surface area contributed by atoms with E-state index in [2.05, 4.69) is 29.6 Å². The summed E-state index contributed by atoms with van der Waals surface area (Å²) in [5.74, 6) is 0.600. The first-order valence-electron chi connectivity index (χ1n) is 10.6. The van der Waals surface area contributed by atoms with Crippen LogP contribution >= 0.6 is 0 Å². The highest BCUT2D eigenvalue weighted by molar-refractivity contribution is 5.87. The zero-order chi connectivity index (χ0) is 22.1. The molecule has 0 fully saturated rings. The second-order valence-corrected chi connectivity index (χ2v) is 7.95. The average molecular weight is 411 g/mol. The third kappa shape index (κ3) is 6.90. The van der Waals surface area contributed by atoms with E-state index < -0.39 is 6.04 Å². The van der Waals surface area contributed by atoms with Crippen LogP contribution in [0.3, 0.4) is 0 Å². The minimum atomic E-state index is -0.510. The van der Waals surface area contributed by atoms with E-state index in [4.69, 9.17) is 4.74 Å². The number of hydrogen-bond acceptors (Lipinski definition) is 3. The molecule has 5 nitrogen and oxygen atoms in total. The molecule has 2 aromatic carbocycles. The van der Waals surface area contributed by atoms with E-state index in [0.29, 0.717) is 25.8 Å². The third-order valence-electron chi connectivity index (χ3n) is 5.05. The van der Waals surface area contributed by atoms with Crippen molar-refractivity contribution in [3.8, 4) is 5.75 Å². The lowest BCUT2D eigenvalue weighted by Gasteiger charge is -2.31.